The molecule has 0 radical (unpaired) electrons. The van der Waals surface area contributed by atoms with Gasteiger partial charge in [0.25, 0.3) is 5.91 Å². The van der Waals surface area contributed by atoms with E-state index in [1.54, 1.807) is 17.4 Å². The van der Waals surface area contributed by atoms with Crippen molar-refractivity contribution in [3.8, 4) is 5.69 Å². The van der Waals surface area contributed by atoms with Crippen LogP contribution >= 0.6 is 0 Å². The first-order chi connectivity index (χ1) is 13.7. The number of carbonyl (C=O) groups is 1. The number of rotatable bonds is 5. The molecule has 2 heterocycles. The fraction of sp³-hybridized carbons (Fsp3) is 0.273. The molecule has 1 amide bonds. The molecule has 0 N–H and O–H groups in total. The molecule has 1 aliphatic heterocycles. The highest BCUT2D eigenvalue weighted by Crippen LogP contribution is 2.23. The molecule has 0 unspecified atom stereocenters. The van der Waals surface area contributed by atoms with Crippen molar-refractivity contribution in [3.63, 3.8) is 0 Å². The zero-order valence-corrected chi connectivity index (χ0v) is 16.0. The third-order valence-corrected chi connectivity index (χ3v) is 4.99. The lowest BCUT2D eigenvalue weighted by Gasteiger charge is -2.31. The van der Waals surface area contributed by atoms with Crippen molar-refractivity contribution in [2.24, 2.45) is 0 Å². The molecule has 3 aromatic rings. The number of aromatic nitrogens is 2. The second-order valence-corrected chi connectivity index (χ2v) is 6.87. The highest BCUT2D eigenvalue weighted by molar-refractivity contribution is 5.93. The van der Waals surface area contributed by atoms with E-state index >= 15 is 0 Å². The third-order valence-electron chi connectivity index (χ3n) is 4.99. The van der Waals surface area contributed by atoms with Gasteiger partial charge in [0, 0.05) is 38.1 Å². The van der Waals surface area contributed by atoms with E-state index in [0.29, 0.717) is 12.2 Å². The van der Waals surface area contributed by atoms with Crippen LogP contribution in [-0.2, 0) is 11.3 Å². The smallest absolute Gasteiger partial charge is 0.272 e. The Morgan fingerprint density at radius 1 is 1.07 bits per heavy atom. The van der Waals surface area contributed by atoms with Crippen molar-refractivity contribution >= 4 is 11.6 Å². The second-order valence-electron chi connectivity index (χ2n) is 6.87. The molecular formula is C22H24N4O2. The molecule has 0 bridgehead atoms. The van der Waals surface area contributed by atoms with E-state index in [0.717, 1.165) is 37.6 Å². The minimum absolute atomic E-state index is 0.0573. The lowest BCUT2D eigenvalue weighted by Crippen LogP contribution is -2.37. The van der Waals surface area contributed by atoms with Crippen LogP contribution in [0.4, 0.5) is 5.69 Å². The summed E-state index contributed by atoms with van der Waals surface area (Å²) in [5, 5.41) is 0. The van der Waals surface area contributed by atoms with Gasteiger partial charge in [0.05, 0.1) is 25.7 Å². The fourth-order valence-corrected chi connectivity index (χ4v) is 3.53. The Kier molecular flexibility index (Phi) is 5.39. The van der Waals surface area contributed by atoms with Crippen molar-refractivity contribution < 1.29 is 9.53 Å². The van der Waals surface area contributed by atoms with Crippen LogP contribution in [0.5, 0.6) is 0 Å². The largest absolute Gasteiger partial charge is 0.378 e. The fourth-order valence-electron chi connectivity index (χ4n) is 3.53. The number of hydrogen-bond acceptors (Lipinski definition) is 4. The average molecular weight is 376 g/mol. The van der Waals surface area contributed by atoms with E-state index in [-0.39, 0.29) is 5.91 Å². The topological polar surface area (TPSA) is 50.6 Å². The van der Waals surface area contributed by atoms with Crippen molar-refractivity contribution in [2.45, 2.75) is 6.54 Å². The SMILES string of the molecule is CN(Cc1ccccc1N1CCOCC1)C(=O)c1cncn1-c1ccccc1. The first kappa shape index (κ1) is 18.3. The summed E-state index contributed by atoms with van der Waals surface area (Å²) in [5.41, 5.74) is 3.77. The summed E-state index contributed by atoms with van der Waals surface area (Å²) in [4.78, 5) is 21.4. The summed E-state index contributed by atoms with van der Waals surface area (Å²) in [7, 11) is 1.83. The summed E-state index contributed by atoms with van der Waals surface area (Å²) in [5.74, 6) is -0.0573. The molecule has 0 spiro atoms. The predicted molar refractivity (Wildman–Crippen MR) is 109 cm³/mol. The molecule has 1 aromatic heterocycles. The molecule has 6 heteroatoms. The zero-order chi connectivity index (χ0) is 19.3. The third kappa shape index (κ3) is 3.77. The molecule has 0 atom stereocenters. The van der Waals surface area contributed by atoms with Gasteiger partial charge in [0.1, 0.15) is 5.69 Å². The van der Waals surface area contributed by atoms with E-state index in [1.807, 2.05) is 54.1 Å². The van der Waals surface area contributed by atoms with Crippen LogP contribution in [0.15, 0.2) is 67.1 Å². The lowest BCUT2D eigenvalue weighted by atomic mass is 10.1. The first-order valence-electron chi connectivity index (χ1n) is 9.48. The molecule has 1 fully saturated rings. The molecule has 1 saturated heterocycles. The van der Waals surface area contributed by atoms with E-state index < -0.39 is 0 Å². The van der Waals surface area contributed by atoms with Crippen LogP contribution in [0.25, 0.3) is 5.69 Å². The highest BCUT2D eigenvalue weighted by atomic mass is 16.5. The Morgan fingerprint density at radius 3 is 2.57 bits per heavy atom. The average Bonchev–Trinajstić information content (AvgIpc) is 3.25. The van der Waals surface area contributed by atoms with Crippen molar-refractivity contribution in [1.29, 1.82) is 0 Å². The minimum atomic E-state index is -0.0573. The number of para-hydroxylation sites is 2. The number of nitrogens with zero attached hydrogens (tertiary/aromatic N) is 4. The number of amides is 1. The summed E-state index contributed by atoms with van der Waals surface area (Å²) in [6, 6.07) is 18.1. The zero-order valence-electron chi connectivity index (χ0n) is 16.0. The summed E-state index contributed by atoms with van der Waals surface area (Å²) < 4.78 is 7.29. The minimum Gasteiger partial charge on any atom is -0.378 e. The van der Waals surface area contributed by atoms with E-state index in [9.17, 15) is 4.79 Å². The molecule has 0 aliphatic carbocycles. The van der Waals surface area contributed by atoms with E-state index in [4.69, 9.17) is 4.74 Å². The Hall–Kier alpha value is -3.12. The van der Waals surface area contributed by atoms with Gasteiger partial charge < -0.3 is 14.5 Å². The number of benzene rings is 2. The van der Waals surface area contributed by atoms with Gasteiger partial charge in [-0.15, -0.1) is 0 Å². The molecule has 2 aromatic carbocycles. The van der Waals surface area contributed by atoms with E-state index in [2.05, 4.69) is 22.0 Å². The van der Waals surface area contributed by atoms with Gasteiger partial charge in [0.2, 0.25) is 0 Å². The van der Waals surface area contributed by atoms with Gasteiger partial charge in [-0.25, -0.2) is 4.98 Å². The highest BCUT2D eigenvalue weighted by Gasteiger charge is 2.20. The van der Waals surface area contributed by atoms with E-state index in [1.165, 1.54) is 5.69 Å². The molecule has 4 rings (SSSR count). The summed E-state index contributed by atoms with van der Waals surface area (Å²) in [6.07, 6.45) is 3.30. The van der Waals surface area contributed by atoms with Crippen LogP contribution in [0.2, 0.25) is 0 Å². The van der Waals surface area contributed by atoms with Crippen molar-refractivity contribution in [3.05, 3.63) is 78.4 Å². The summed E-state index contributed by atoms with van der Waals surface area (Å²) >= 11 is 0. The Balaban J connectivity index is 1.55. The van der Waals surface area contributed by atoms with Crippen LogP contribution in [-0.4, -0.2) is 53.7 Å². The number of imidazole rings is 1. The molecule has 1 aliphatic rings. The number of morpholine rings is 1. The van der Waals surface area contributed by atoms with Gasteiger partial charge in [-0.1, -0.05) is 36.4 Å². The maximum Gasteiger partial charge on any atom is 0.272 e. The quantitative estimate of drug-likeness (QED) is 0.687. The van der Waals surface area contributed by atoms with Gasteiger partial charge in [-0.3, -0.25) is 9.36 Å². The summed E-state index contributed by atoms with van der Waals surface area (Å²) in [6.45, 7) is 3.75. The van der Waals surface area contributed by atoms with Gasteiger partial charge in [-0.05, 0) is 23.8 Å². The Bertz CT molecular complexity index is 932. The molecular weight excluding hydrogens is 352 g/mol. The maximum atomic E-state index is 13.1. The molecule has 6 nitrogen and oxygen atoms in total. The standard InChI is InChI=1S/C22H24N4O2/c1-24(16-18-7-5-6-10-20(18)25-11-13-28-14-12-25)22(27)21-15-23-17-26(21)19-8-3-2-4-9-19/h2-10,15,17H,11-14,16H2,1H3. The van der Waals surface area contributed by atoms with Crippen LogP contribution in [0.1, 0.15) is 16.1 Å². The van der Waals surface area contributed by atoms with Gasteiger partial charge in [-0.2, -0.15) is 0 Å². The number of carbonyl (C=O) groups excluding carboxylic acids is 1. The molecule has 28 heavy (non-hydrogen) atoms. The number of anilines is 1. The number of ether oxygens (including phenoxy) is 1. The van der Waals surface area contributed by atoms with Crippen LogP contribution in [0.3, 0.4) is 0 Å². The second kappa shape index (κ2) is 8.27. The Labute approximate surface area is 165 Å². The normalized spacial score (nSPS) is 14.1. The predicted octanol–water partition coefficient (Wildman–Crippen LogP) is 2.98. The van der Waals surface area contributed by atoms with Crippen LogP contribution in [0, 0.1) is 0 Å². The number of hydrogen-bond donors (Lipinski definition) is 0. The molecule has 144 valence electrons. The molecule has 0 saturated carbocycles. The lowest BCUT2D eigenvalue weighted by molar-refractivity contribution is 0.0777. The Morgan fingerprint density at radius 2 is 1.79 bits per heavy atom. The monoisotopic (exact) mass is 376 g/mol. The van der Waals surface area contributed by atoms with Gasteiger partial charge >= 0.3 is 0 Å². The van der Waals surface area contributed by atoms with Crippen molar-refractivity contribution in [1.82, 2.24) is 14.5 Å². The van der Waals surface area contributed by atoms with Crippen molar-refractivity contribution in [2.75, 3.05) is 38.3 Å². The van der Waals surface area contributed by atoms with Crippen LogP contribution < -0.4 is 4.90 Å². The first-order valence-corrected chi connectivity index (χ1v) is 9.48. The van der Waals surface area contributed by atoms with Gasteiger partial charge in [0.15, 0.2) is 0 Å². The maximum absolute atomic E-state index is 13.1.